The van der Waals surface area contributed by atoms with Crippen molar-refractivity contribution in [1.82, 2.24) is 10.2 Å². The Morgan fingerprint density at radius 3 is 2.81 bits per heavy atom. The lowest BCUT2D eigenvalue weighted by Gasteiger charge is -2.08. The zero-order valence-electron chi connectivity index (χ0n) is 8.74. The number of hydrogen-bond acceptors (Lipinski definition) is 3. The average molecular weight is 221 g/mol. The van der Waals surface area contributed by atoms with Gasteiger partial charge in [-0.05, 0) is 24.6 Å². The zero-order valence-corrected chi connectivity index (χ0v) is 8.74. The number of anilines is 1. The molecule has 2 rings (SSSR count). The van der Waals surface area contributed by atoms with Crippen LogP contribution in [-0.2, 0) is 0 Å². The lowest BCUT2D eigenvalue weighted by atomic mass is 10.0. The maximum atomic E-state index is 13.2. The highest BCUT2D eigenvalue weighted by atomic mass is 19.1. The van der Waals surface area contributed by atoms with Crippen LogP contribution in [0.25, 0.3) is 11.1 Å². The monoisotopic (exact) mass is 221 g/mol. The number of benzene rings is 1. The molecule has 2 aromatic rings. The van der Waals surface area contributed by atoms with E-state index in [1.165, 1.54) is 13.0 Å². The predicted molar refractivity (Wildman–Crippen MR) is 59.6 cm³/mol. The van der Waals surface area contributed by atoms with Crippen LogP contribution >= 0.6 is 0 Å². The Hall–Kier alpha value is -2.04. The van der Waals surface area contributed by atoms with Crippen LogP contribution in [0.4, 0.5) is 10.2 Å². The summed E-state index contributed by atoms with van der Waals surface area (Å²) in [6, 6.07) is 4.69. The largest absolute Gasteiger partial charge is 0.508 e. The number of aromatic hydroxyl groups is 1. The van der Waals surface area contributed by atoms with E-state index in [-0.39, 0.29) is 11.3 Å². The molecule has 0 aliphatic heterocycles. The van der Waals surface area contributed by atoms with Crippen molar-refractivity contribution in [3.63, 3.8) is 0 Å². The lowest BCUT2D eigenvalue weighted by Crippen LogP contribution is -1.90. The van der Waals surface area contributed by atoms with Gasteiger partial charge in [0, 0.05) is 11.1 Å². The molecule has 0 spiro atoms. The molecule has 0 aliphatic rings. The highest BCUT2D eigenvalue weighted by Crippen LogP contribution is 2.32. The van der Waals surface area contributed by atoms with E-state index in [9.17, 15) is 9.50 Å². The van der Waals surface area contributed by atoms with Crippen LogP contribution in [-0.4, -0.2) is 15.3 Å². The average Bonchev–Trinajstić information content (AvgIpc) is 2.65. The van der Waals surface area contributed by atoms with Crippen molar-refractivity contribution in [3.8, 4) is 16.9 Å². The molecule has 5 heteroatoms. The van der Waals surface area contributed by atoms with Gasteiger partial charge in [-0.15, -0.1) is 0 Å². The van der Waals surface area contributed by atoms with E-state index in [0.29, 0.717) is 11.4 Å². The number of nitrogens with zero attached hydrogens (tertiary/aromatic N) is 1. The second-order valence-electron chi connectivity index (χ2n) is 3.59. The standard InChI is InChI=1S/C11H12FN3O/c1-6(12)8-4-7(2-3-10(8)16)9-5-14-15-11(9)13/h2-6,16H,1H3,(H3,13,14,15). The van der Waals surface area contributed by atoms with E-state index < -0.39 is 6.17 Å². The summed E-state index contributed by atoms with van der Waals surface area (Å²) < 4.78 is 13.2. The van der Waals surface area contributed by atoms with E-state index in [1.807, 2.05) is 0 Å². The molecule has 1 aromatic heterocycles. The number of H-pyrrole nitrogens is 1. The molecule has 4 N–H and O–H groups in total. The summed E-state index contributed by atoms with van der Waals surface area (Å²) in [5.74, 6) is 0.365. The number of aromatic amines is 1. The molecule has 0 fully saturated rings. The SMILES string of the molecule is CC(F)c1cc(-c2cn[nH]c2N)ccc1O. The van der Waals surface area contributed by atoms with Crippen molar-refractivity contribution < 1.29 is 9.50 Å². The topological polar surface area (TPSA) is 74.9 Å². The number of halogens is 1. The molecule has 4 nitrogen and oxygen atoms in total. The Kier molecular flexibility index (Phi) is 2.52. The van der Waals surface area contributed by atoms with Crippen molar-refractivity contribution in [1.29, 1.82) is 0 Å². The van der Waals surface area contributed by atoms with E-state index in [2.05, 4.69) is 10.2 Å². The summed E-state index contributed by atoms with van der Waals surface area (Å²) in [6.45, 7) is 1.37. The summed E-state index contributed by atoms with van der Waals surface area (Å²) in [5.41, 5.74) is 7.33. The van der Waals surface area contributed by atoms with Gasteiger partial charge in [-0.25, -0.2) is 4.39 Å². The number of nitrogen functional groups attached to an aromatic ring is 1. The van der Waals surface area contributed by atoms with E-state index in [4.69, 9.17) is 5.73 Å². The quantitative estimate of drug-likeness (QED) is 0.728. The van der Waals surface area contributed by atoms with E-state index in [0.717, 1.165) is 5.56 Å². The van der Waals surface area contributed by atoms with Crippen LogP contribution < -0.4 is 5.73 Å². The molecule has 1 unspecified atom stereocenters. The second kappa shape index (κ2) is 3.84. The van der Waals surface area contributed by atoms with Gasteiger partial charge in [0.2, 0.25) is 0 Å². The molecule has 1 aromatic carbocycles. The highest BCUT2D eigenvalue weighted by molar-refractivity contribution is 5.74. The first-order valence-electron chi connectivity index (χ1n) is 4.86. The van der Waals surface area contributed by atoms with E-state index in [1.54, 1.807) is 18.3 Å². The third-order valence-electron chi connectivity index (χ3n) is 2.44. The fraction of sp³-hybridized carbons (Fsp3) is 0.182. The summed E-state index contributed by atoms with van der Waals surface area (Å²) in [4.78, 5) is 0. The number of nitrogens with one attached hydrogen (secondary N) is 1. The van der Waals surface area contributed by atoms with Crippen molar-refractivity contribution >= 4 is 5.82 Å². The number of hydrogen-bond donors (Lipinski definition) is 3. The number of phenolic OH excluding ortho intramolecular Hbond substituents is 1. The molecule has 1 atom stereocenters. The van der Waals surface area contributed by atoms with Crippen LogP contribution in [0.1, 0.15) is 18.7 Å². The molecule has 1 heterocycles. The first-order valence-corrected chi connectivity index (χ1v) is 4.86. The lowest BCUT2D eigenvalue weighted by molar-refractivity contribution is 0.356. The minimum Gasteiger partial charge on any atom is -0.508 e. The Labute approximate surface area is 91.9 Å². The Morgan fingerprint density at radius 2 is 2.25 bits per heavy atom. The predicted octanol–water partition coefficient (Wildman–Crippen LogP) is 2.40. The summed E-state index contributed by atoms with van der Waals surface area (Å²) in [7, 11) is 0. The molecule has 0 bridgehead atoms. The number of phenols is 1. The van der Waals surface area contributed by atoms with Crippen molar-refractivity contribution in [3.05, 3.63) is 30.0 Å². The molecular weight excluding hydrogens is 209 g/mol. The van der Waals surface area contributed by atoms with Crippen LogP contribution in [0.3, 0.4) is 0 Å². The summed E-state index contributed by atoms with van der Waals surface area (Å²) in [6.07, 6.45) is 0.335. The van der Waals surface area contributed by atoms with Gasteiger partial charge in [-0.3, -0.25) is 5.10 Å². The van der Waals surface area contributed by atoms with Gasteiger partial charge >= 0.3 is 0 Å². The zero-order chi connectivity index (χ0) is 11.7. The molecule has 0 aliphatic carbocycles. The van der Waals surface area contributed by atoms with Crippen LogP contribution in [0, 0.1) is 0 Å². The third-order valence-corrected chi connectivity index (χ3v) is 2.44. The number of rotatable bonds is 2. The Balaban J connectivity index is 2.52. The third kappa shape index (κ3) is 1.71. The second-order valence-corrected chi connectivity index (χ2v) is 3.59. The maximum Gasteiger partial charge on any atom is 0.126 e. The van der Waals surface area contributed by atoms with Crippen molar-refractivity contribution in [2.24, 2.45) is 0 Å². The normalized spacial score (nSPS) is 12.6. The van der Waals surface area contributed by atoms with Gasteiger partial charge in [-0.1, -0.05) is 6.07 Å². The summed E-state index contributed by atoms with van der Waals surface area (Å²) in [5, 5.41) is 15.9. The van der Waals surface area contributed by atoms with Gasteiger partial charge in [0.05, 0.1) is 6.20 Å². The van der Waals surface area contributed by atoms with Gasteiger partial charge < -0.3 is 10.8 Å². The van der Waals surface area contributed by atoms with Gasteiger partial charge in [0.1, 0.15) is 17.7 Å². The molecule has 0 saturated carbocycles. The maximum absolute atomic E-state index is 13.2. The van der Waals surface area contributed by atoms with Crippen molar-refractivity contribution in [2.45, 2.75) is 13.1 Å². The van der Waals surface area contributed by atoms with E-state index >= 15 is 0 Å². The van der Waals surface area contributed by atoms with Gasteiger partial charge in [-0.2, -0.15) is 5.10 Å². The number of aromatic nitrogens is 2. The number of nitrogens with two attached hydrogens (primary N) is 1. The first-order chi connectivity index (χ1) is 7.59. The fourth-order valence-corrected chi connectivity index (χ4v) is 1.57. The smallest absolute Gasteiger partial charge is 0.126 e. The fourth-order valence-electron chi connectivity index (χ4n) is 1.57. The Bertz CT molecular complexity index is 508. The van der Waals surface area contributed by atoms with Crippen LogP contribution in [0.15, 0.2) is 24.4 Å². The summed E-state index contributed by atoms with van der Waals surface area (Å²) >= 11 is 0. The molecule has 84 valence electrons. The van der Waals surface area contributed by atoms with Crippen molar-refractivity contribution in [2.75, 3.05) is 5.73 Å². The highest BCUT2D eigenvalue weighted by Gasteiger charge is 2.12. The van der Waals surface area contributed by atoms with Gasteiger partial charge in [0.15, 0.2) is 0 Å². The van der Waals surface area contributed by atoms with Crippen LogP contribution in [0.2, 0.25) is 0 Å². The minimum absolute atomic E-state index is 0.0548. The molecule has 0 radical (unpaired) electrons. The number of alkyl halides is 1. The minimum atomic E-state index is -1.23. The Morgan fingerprint density at radius 1 is 1.50 bits per heavy atom. The molecular formula is C11H12FN3O. The van der Waals surface area contributed by atoms with Crippen LogP contribution in [0.5, 0.6) is 5.75 Å². The van der Waals surface area contributed by atoms with Gasteiger partial charge in [0.25, 0.3) is 0 Å². The molecule has 0 saturated heterocycles. The first kappa shape index (κ1) is 10.5. The molecule has 16 heavy (non-hydrogen) atoms. The molecule has 0 amide bonds.